The van der Waals surface area contributed by atoms with Crippen molar-refractivity contribution in [3.8, 4) is 0 Å². The molecule has 6 heteroatoms. The van der Waals surface area contributed by atoms with E-state index in [2.05, 4.69) is 15.7 Å². The predicted octanol–water partition coefficient (Wildman–Crippen LogP) is 2.94. The standard InChI is InChI=1S/C13H18N4OS/c1-4-5-10(18)16-11-7(2)6-9-12(8(11)3)19-13(15-9)17-14/h6H,4-5,14H2,1-3H3,(H,15,17)(H,16,18). The number of aromatic nitrogens is 1. The summed E-state index contributed by atoms with van der Waals surface area (Å²) in [6.07, 6.45) is 1.38. The molecular weight excluding hydrogens is 260 g/mol. The molecule has 0 unspecified atom stereocenters. The zero-order chi connectivity index (χ0) is 14.0. The summed E-state index contributed by atoms with van der Waals surface area (Å²) in [7, 11) is 0. The lowest BCUT2D eigenvalue weighted by Gasteiger charge is -2.11. The van der Waals surface area contributed by atoms with Gasteiger partial charge in [-0.1, -0.05) is 18.3 Å². The third-order valence-electron chi connectivity index (χ3n) is 2.98. The summed E-state index contributed by atoms with van der Waals surface area (Å²) in [4.78, 5) is 16.1. The maximum atomic E-state index is 11.8. The van der Waals surface area contributed by atoms with Gasteiger partial charge in [-0.15, -0.1) is 0 Å². The Labute approximate surface area is 116 Å². The van der Waals surface area contributed by atoms with Crippen LogP contribution in [0.4, 0.5) is 10.8 Å². The fourth-order valence-electron chi connectivity index (χ4n) is 2.07. The molecule has 0 atom stereocenters. The van der Waals surface area contributed by atoms with Crippen LogP contribution in [0.2, 0.25) is 0 Å². The van der Waals surface area contributed by atoms with E-state index in [0.717, 1.165) is 33.5 Å². The van der Waals surface area contributed by atoms with Crippen molar-refractivity contribution in [1.29, 1.82) is 0 Å². The van der Waals surface area contributed by atoms with Gasteiger partial charge in [0.2, 0.25) is 5.91 Å². The van der Waals surface area contributed by atoms with Gasteiger partial charge < -0.3 is 5.32 Å². The molecule has 0 aliphatic rings. The highest BCUT2D eigenvalue weighted by molar-refractivity contribution is 7.22. The molecule has 1 amide bonds. The molecule has 4 N–H and O–H groups in total. The van der Waals surface area contributed by atoms with Gasteiger partial charge in [0.05, 0.1) is 10.2 Å². The summed E-state index contributed by atoms with van der Waals surface area (Å²) in [5.41, 5.74) is 6.41. The lowest BCUT2D eigenvalue weighted by molar-refractivity contribution is -0.116. The van der Waals surface area contributed by atoms with Crippen molar-refractivity contribution >= 4 is 38.3 Å². The molecule has 0 fully saturated rings. The molecule has 0 radical (unpaired) electrons. The van der Waals surface area contributed by atoms with Crippen molar-refractivity contribution in [1.82, 2.24) is 4.98 Å². The Hall–Kier alpha value is -1.66. The number of nitrogens with zero attached hydrogens (tertiary/aromatic N) is 1. The normalized spacial score (nSPS) is 10.7. The highest BCUT2D eigenvalue weighted by atomic mass is 32.1. The van der Waals surface area contributed by atoms with E-state index in [0.29, 0.717) is 11.6 Å². The van der Waals surface area contributed by atoms with E-state index < -0.39 is 0 Å². The van der Waals surface area contributed by atoms with E-state index in [1.54, 1.807) is 0 Å². The Morgan fingerprint density at radius 2 is 2.21 bits per heavy atom. The molecule has 0 bridgehead atoms. The summed E-state index contributed by atoms with van der Waals surface area (Å²) in [5, 5.41) is 3.66. The second kappa shape index (κ2) is 5.54. The fourth-order valence-corrected chi connectivity index (χ4v) is 2.93. The predicted molar refractivity (Wildman–Crippen MR) is 80.4 cm³/mol. The molecule has 1 aromatic carbocycles. The van der Waals surface area contributed by atoms with E-state index >= 15 is 0 Å². The molecule has 0 aliphatic carbocycles. The third kappa shape index (κ3) is 2.69. The maximum Gasteiger partial charge on any atom is 0.224 e. The largest absolute Gasteiger partial charge is 0.326 e. The van der Waals surface area contributed by atoms with Gasteiger partial charge in [-0.25, -0.2) is 10.8 Å². The Bertz CT molecular complexity index is 621. The van der Waals surface area contributed by atoms with Crippen molar-refractivity contribution in [3.63, 3.8) is 0 Å². The molecule has 5 nitrogen and oxygen atoms in total. The topological polar surface area (TPSA) is 80.0 Å². The number of hydrazine groups is 1. The van der Waals surface area contributed by atoms with Crippen LogP contribution in [-0.2, 0) is 4.79 Å². The number of nitrogens with two attached hydrogens (primary N) is 1. The second-order valence-electron chi connectivity index (χ2n) is 4.50. The van der Waals surface area contributed by atoms with Crippen LogP contribution in [0.5, 0.6) is 0 Å². The first-order chi connectivity index (χ1) is 9.06. The molecule has 1 heterocycles. The molecular formula is C13H18N4OS. The number of hydrogen-bond acceptors (Lipinski definition) is 5. The van der Waals surface area contributed by atoms with Gasteiger partial charge in [-0.2, -0.15) is 0 Å². The quantitative estimate of drug-likeness (QED) is 0.593. The Morgan fingerprint density at radius 1 is 1.47 bits per heavy atom. The van der Waals surface area contributed by atoms with Gasteiger partial charge >= 0.3 is 0 Å². The molecule has 0 spiro atoms. The number of hydrogen-bond donors (Lipinski definition) is 3. The van der Waals surface area contributed by atoms with E-state index in [1.807, 2.05) is 26.8 Å². The van der Waals surface area contributed by atoms with Crippen LogP contribution >= 0.6 is 11.3 Å². The molecule has 19 heavy (non-hydrogen) atoms. The number of benzene rings is 1. The number of rotatable bonds is 4. The SMILES string of the molecule is CCCC(=O)Nc1c(C)cc2nc(NN)sc2c1C. The first-order valence-electron chi connectivity index (χ1n) is 6.24. The average Bonchev–Trinajstić information content (AvgIpc) is 2.78. The van der Waals surface area contributed by atoms with Crippen LogP contribution in [-0.4, -0.2) is 10.9 Å². The van der Waals surface area contributed by atoms with Crippen molar-refractivity contribution in [2.45, 2.75) is 33.6 Å². The third-order valence-corrected chi connectivity index (χ3v) is 4.10. The molecule has 0 aliphatic heterocycles. The number of fused-ring (bicyclic) bond motifs is 1. The van der Waals surface area contributed by atoms with Gasteiger partial charge in [0.25, 0.3) is 0 Å². The Morgan fingerprint density at radius 3 is 2.84 bits per heavy atom. The highest BCUT2D eigenvalue weighted by Crippen LogP contribution is 2.34. The van der Waals surface area contributed by atoms with Gasteiger partial charge in [-0.05, 0) is 37.5 Å². The van der Waals surface area contributed by atoms with Gasteiger partial charge in [-0.3, -0.25) is 10.2 Å². The van der Waals surface area contributed by atoms with Crippen molar-refractivity contribution in [3.05, 3.63) is 17.2 Å². The Balaban J connectivity index is 2.46. The lowest BCUT2D eigenvalue weighted by Crippen LogP contribution is -2.12. The minimum Gasteiger partial charge on any atom is -0.326 e. The first-order valence-corrected chi connectivity index (χ1v) is 7.05. The maximum absolute atomic E-state index is 11.8. The smallest absolute Gasteiger partial charge is 0.224 e. The highest BCUT2D eigenvalue weighted by Gasteiger charge is 2.13. The monoisotopic (exact) mass is 278 g/mol. The summed E-state index contributed by atoms with van der Waals surface area (Å²) in [6, 6.07) is 1.97. The number of carbonyl (C=O) groups excluding carboxylic acids is 1. The van der Waals surface area contributed by atoms with Crippen molar-refractivity contribution < 1.29 is 4.79 Å². The van der Waals surface area contributed by atoms with Crippen LogP contribution in [0.25, 0.3) is 10.2 Å². The van der Waals surface area contributed by atoms with E-state index in [-0.39, 0.29) is 5.91 Å². The molecule has 0 saturated carbocycles. The molecule has 1 aromatic heterocycles. The van der Waals surface area contributed by atoms with Crippen molar-refractivity contribution in [2.75, 3.05) is 10.7 Å². The summed E-state index contributed by atoms with van der Waals surface area (Å²) in [5.74, 6) is 5.44. The van der Waals surface area contributed by atoms with Gasteiger partial charge in [0.1, 0.15) is 0 Å². The average molecular weight is 278 g/mol. The zero-order valence-corrected chi connectivity index (χ0v) is 12.1. The summed E-state index contributed by atoms with van der Waals surface area (Å²) in [6.45, 7) is 5.96. The zero-order valence-electron chi connectivity index (χ0n) is 11.3. The van der Waals surface area contributed by atoms with Crippen LogP contribution in [0, 0.1) is 13.8 Å². The minimum absolute atomic E-state index is 0.0507. The number of anilines is 2. The lowest BCUT2D eigenvalue weighted by atomic mass is 10.1. The van der Waals surface area contributed by atoms with E-state index in [4.69, 9.17) is 5.84 Å². The number of aryl methyl sites for hydroxylation is 2. The van der Waals surface area contributed by atoms with E-state index in [9.17, 15) is 4.79 Å². The minimum atomic E-state index is 0.0507. The summed E-state index contributed by atoms with van der Waals surface area (Å²) >= 11 is 1.49. The van der Waals surface area contributed by atoms with Gasteiger partial charge in [0.15, 0.2) is 5.13 Å². The number of carbonyl (C=O) groups is 1. The van der Waals surface area contributed by atoms with Gasteiger partial charge in [0, 0.05) is 12.1 Å². The van der Waals surface area contributed by atoms with Crippen LogP contribution in [0.3, 0.4) is 0 Å². The van der Waals surface area contributed by atoms with E-state index in [1.165, 1.54) is 11.3 Å². The number of nitrogens with one attached hydrogen (secondary N) is 2. The molecule has 102 valence electrons. The van der Waals surface area contributed by atoms with Crippen LogP contribution < -0.4 is 16.6 Å². The first kappa shape index (κ1) is 13.8. The number of thiazole rings is 1. The number of amides is 1. The fraction of sp³-hybridized carbons (Fsp3) is 0.385. The molecule has 2 aromatic rings. The van der Waals surface area contributed by atoms with Crippen LogP contribution in [0.15, 0.2) is 6.07 Å². The second-order valence-corrected chi connectivity index (χ2v) is 5.50. The van der Waals surface area contributed by atoms with Crippen LogP contribution in [0.1, 0.15) is 30.9 Å². The molecule has 0 saturated heterocycles. The summed E-state index contributed by atoms with van der Waals surface area (Å²) < 4.78 is 1.05. The molecule has 2 rings (SSSR count). The Kier molecular flexibility index (Phi) is 4.01. The number of nitrogen functional groups attached to an aromatic ring is 1. The van der Waals surface area contributed by atoms with Crippen molar-refractivity contribution in [2.24, 2.45) is 5.84 Å².